The van der Waals surface area contributed by atoms with Crippen molar-refractivity contribution in [2.45, 2.75) is 44.8 Å². The summed E-state index contributed by atoms with van der Waals surface area (Å²) < 4.78 is 61.5. The number of benzene rings is 1. The molecule has 1 aromatic carbocycles. The number of hydrogen-bond donors (Lipinski definition) is 0. The average Bonchev–Trinajstić information content (AvgIpc) is 3.16. The number of ketones is 1. The van der Waals surface area contributed by atoms with E-state index in [1.165, 1.54) is 18.3 Å². The van der Waals surface area contributed by atoms with E-state index in [2.05, 4.69) is 4.98 Å². The molecule has 0 bridgehead atoms. The highest BCUT2D eigenvalue weighted by molar-refractivity contribution is 5.99. The van der Waals surface area contributed by atoms with Gasteiger partial charge in [0, 0.05) is 36.5 Å². The van der Waals surface area contributed by atoms with Crippen LogP contribution >= 0.6 is 0 Å². The summed E-state index contributed by atoms with van der Waals surface area (Å²) in [5.74, 6) is -7.86. The van der Waals surface area contributed by atoms with E-state index in [-0.39, 0.29) is 19.0 Å². The second-order valence-corrected chi connectivity index (χ2v) is 8.49. The Morgan fingerprint density at radius 3 is 2.38 bits per heavy atom. The summed E-state index contributed by atoms with van der Waals surface area (Å²) >= 11 is 0. The third-order valence-corrected chi connectivity index (χ3v) is 4.94. The van der Waals surface area contributed by atoms with Crippen LogP contribution in [0, 0.1) is 23.3 Å². The van der Waals surface area contributed by atoms with E-state index in [9.17, 15) is 27.2 Å². The van der Waals surface area contributed by atoms with Crippen molar-refractivity contribution in [3.63, 3.8) is 0 Å². The predicted octanol–water partition coefficient (Wildman–Crippen LogP) is 5.01. The lowest BCUT2D eigenvalue weighted by Gasteiger charge is -2.27. The summed E-state index contributed by atoms with van der Waals surface area (Å²) in [5, 5.41) is 0. The molecule has 9 heteroatoms. The molecule has 1 aromatic heterocycles. The van der Waals surface area contributed by atoms with Crippen LogP contribution in [0.3, 0.4) is 0 Å². The lowest BCUT2D eigenvalue weighted by molar-refractivity contribution is -0.118. The standard InChI is InChI=1S/C23H22F4N2O3/c1-23(2,3)32-22(31)29-12-14(19-20(26)15(24)10-16(25)21(19)27)9-17(29)18(30)7-6-13-5-4-8-28-11-13/h4-8,10-11,14,17H,9,12H2,1-3H3/b7-6+/t14-,17?/m0/s1. The molecule has 0 aliphatic carbocycles. The van der Waals surface area contributed by atoms with Crippen molar-refractivity contribution in [1.29, 1.82) is 0 Å². The van der Waals surface area contributed by atoms with E-state index < -0.39 is 58.3 Å². The zero-order chi connectivity index (χ0) is 23.6. The predicted molar refractivity (Wildman–Crippen MR) is 109 cm³/mol. The molecular formula is C23H22F4N2O3. The fourth-order valence-corrected chi connectivity index (χ4v) is 3.55. The van der Waals surface area contributed by atoms with Crippen LogP contribution in [0.5, 0.6) is 0 Å². The Morgan fingerprint density at radius 2 is 1.81 bits per heavy atom. The summed E-state index contributed by atoms with van der Waals surface area (Å²) in [4.78, 5) is 30.6. The monoisotopic (exact) mass is 450 g/mol. The van der Waals surface area contributed by atoms with E-state index in [1.807, 2.05) is 0 Å². The van der Waals surface area contributed by atoms with Gasteiger partial charge < -0.3 is 4.74 Å². The van der Waals surface area contributed by atoms with Crippen molar-refractivity contribution in [2.24, 2.45) is 0 Å². The van der Waals surface area contributed by atoms with Gasteiger partial charge in [0.1, 0.15) is 5.60 Å². The van der Waals surface area contributed by atoms with Gasteiger partial charge in [0.15, 0.2) is 29.1 Å². The zero-order valence-electron chi connectivity index (χ0n) is 17.7. The molecule has 2 atom stereocenters. The largest absolute Gasteiger partial charge is 0.444 e. The van der Waals surface area contributed by atoms with Gasteiger partial charge in [0.2, 0.25) is 0 Å². The second-order valence-electron chi connectivity index (χ2n) is 8.49. The van der Waals surface area contributed by atoms with Crippen LogP contribution < -0.4 is 0 Å². The topological polar surface area (TPSA) is 59.5 Å². The van der Waals surface area contributed by atoms with Crippen molar-refractivity contribution in [1.82, 2.24) is 9.88 Å². The maximum atomic E-state index is 14.4. The van der Waals surface area contributed by atoms with Gasteiger partial charge in [-0.25, -0.2) is 22.4 Å². The van der Waals surface area contributed by atoms with Gasteiger partial charge in [-0.15, -0.1) is 0 Å². The van der Waals surface area contributed by atoms with E-state index >= 15 is 0 Å². The lowest BCUT2D eigenvalue weighted by atomic mass is 9.93. The van der Waals surface area contributed by atoms with Crippen LogP contribution in [-0.2, 0) is 9.53 Å². The highest BCUT2D eigenvalue weighted by Crippen LogP contribution is 2.37. The number of likely N-dealkylation sites (tertiary alicyclic amines) is 1. The van der Waals surface area contributed by atoms with E-state index in [1.54, 1.807) is 39.1 Å². The van der Waals surface area contributed by atoms with Crippen LogP contribution in [0.25, 0.3) is 6.08 Å². The first-order valence-electron chi connectivity index (χ1n) is 9.92. The normalized spacial score (nSPS) is 18.9. The summed E-state index contributed by atoms with van der Waals surface area (Å²) in [6.45, 7) is 4.53. The molecule has 1 unspecified atom stereocenters. The molecule has 2 heterocycles. The van der Waals surface area contributed by atoms with Gasteiger partial charge in [0.05, 0.1) is 6.04 Å². The molecule has 0 saturated carbocycles. The third kappa shape index (κ3) is 5.15. The number of carbonyl (C=O) groups excluding carboxylic acids is 2. The van der Waals surface area contributed by atoms with Crippen molar-refractivity contribution in [3.8, 4) is 0 Å². The highest BCUT2D eigenvalue weighted by Gasteiger charge is 2.43. The molecule has 0 radical (unpaired) electrons. The van der Waals surface area contributed by atoms with Gasteiger partial charge in [-0.1, -0.05) is 6.07 Å². The zero-order valence-corrected chi connectivity index (χ0v) is 17.7. The van der Waals surface area contributed by atoms with Crippen molar-refractivity contribution >= 4 is 18.0 Å². The Hall–Kier alpha value is -3.23. The number of aromatic nitrogens is 1. The fraction of sp³-hybridized carbons (Fsp3) is 0.348. The molecule has 170 valence electrons. The number of hydrogen-bond acceptors (Lipinski definition) is 4. The van der Waals surface area contributed by atoms with Crippen LogP contribution in [0.1, 0.15) is 44.2 Å². The Balaban J connectivity index is 1.94. The SMILES string of the molecule is CC(C)(C)OC(=O)N1C[C@@H](c2c(F)c(F)cc(F)c2F)CC1C(=O)/C=C/c1cccnc1. The highest BCUT2D eigenvalue weighted by atomic mass is 19.2. The van der Waals surface area contributed by atoms with E-state index in [0.717, 1.165) is 4.90 Å². The lowest BCUT2D eigenvalue weighted by Crippen LogP contribution is -2.43. The van der Waals surface area contributed by atoms with Crippen LogP contribution in [0.15, 0.2) is 36.7 Å². The van der Waals surface area contributed by atoms with Gasteiger partial charge in [0.25, 0.3) is 0 Å². The molecule has 1 aliphatic rings. The van der Waals surface area contributed by atoms with Crippen LogP contribution in [-0.4, -0.2) is 39.9 Å². The van der Waals surface area contributed by atoms with Crippen LogP contribution in [0.2, 0.25) is 0 Å². The molecule has 2 aromatic rings. The fourth-order valence-electron chi connectivity index (χ4n) is 3.55. The molecule has 0 spiro atoms. The molecular weight excluding hydrogens is 428 g/mol. The van der Waals surface area contributed by atoms with Crippen molar-refractivity contribution in [3.05, 3.63) is 71.1 Å². The summed E-state index contributed by atoms with van der Waals surface area (Å²) in [6.07, 6.45) is 4.69. The first-order valence-corrected chi connectivity index (χ1v) is 9.92. The molecule has 1 fully saturated rings. The number of pyridine rings is 1. The molecule has 32 heavy (non-hydrogen) atoms. The Labute approximate surface area is 182 Å². The Morgan fingerprint density at radius 1 is 1.16 bits per heavy atom. The molecule has 3 rings (SSSR count). The number of carbonyl (C=O) groups is 2. The first kappa shape index (κ1) is 23.4. The third-order valence-electron chi connectivity index (χ3n) is 4.94. The smallest absolute Gasteiger partial charge is 0.410 e. The molecule has 5 nitrogen and oxygen atoms in total. The minimum atomic E-state index is -1.55. The Bertz CT molecular complexity index is 1030. The molecule has 1 aliphatic heterocycles. The van der Waals surface area contributed by atoms with Crippen LogP contribution in [0.4, 0.5) is 22.4 Å². The number of nitrogens with zero attached hydrogens (tertiary/aromatic N) is 2. The van der Waals surface area contributed by atoms with Crippen molar-refractivity contribution in [2.75, 3.05) is 6.54 Å². The maximum absolute atomic E-state index is 14.4. The van der Waals surface area contributed by atoms with Gasteiger partial charge in [-0.05, 0) is 51.0 Å². The van der Waals surface area contributed by atoms with Gasteiger partial charge >= 0.3 is 6.09 Å². The molecule has 1 amide bonds. The average molecular weight is 450 g/mol. The molecule has 1 saturated heterocycles. The number of halogens is 4. The first-order chi connectivity index (χ1) is 15.0. The van der Waals surface area contributed by atoms with E-state index in [0.29, 0.717) is 5.56 Å². The summed E-state index contributed by atoms with van der Waals surface area (Å²) in [6, 6.07) is 2.37. The Kier molecular flexibility index (Phi) is 6.66. The van der Waals surface area contributed by atoms with Crippen molar-refractivity contribution < 1.29 is 31.9 Å². The maximum Gasteiger partial charge on any atom is 0.410 e. The minimum absolute atomic E-state index is 0.119. The number of rotatable bonds is 4. The molecule has 0 N–H and O–H groups in total. The van der Waals surface area contributed by atoms with E-state index in [4.69, 9.17) is 4.74 Å². The quantitative estimate of drug-likeness (QED) is 0.373. The minimum Gasteiger partial charge on any atom is -0.444 e. The second kappa shape index (κ2) is 9.10. The summed E-state index contributed by atoms with van der Waals surface area (Å²) in [7, 11) is 0. The number of amides is 1. The summed E-state index contributed by atoms with van der Waals surface area (Å²) in [5.41, 5.74) is -1.10. The van der Waals surface area contributed by atoms with Gasteiger partial charge in [-0.3, -0.25) is 14.7 Å². The number of ether oxygens (including phenoxy) is 1. The van der Waals surface area contributed by atoms with Gasteiger partial charge in [-0.2, -0.15) is 0 Å².